The quantitative estimate of drug-likeness (QED) is 0.927. The van der Waals surface area contributed by atoms with Gasteiger partial charge in [0.2, 0.25) is 5.91 Å². The van der Waals surface area contributed by atoms with Crippen LogP contribution in [0.1, 0.15) is 25.8 Å². The van der Waals surface area contributed by atoms with Gasteiger partial charge in [-0.3, -0.25) is 9.59 Å². The summed E-state index contributed by atoms with van der Waals surface area (Å²) in [7, 11) is 0. The van der Waals surface area contributed by atoms with Crippen molar-refractivity contribution in [2.75, 3.05) is 13.1 Å². The number of hydrogen-bond acceptors (Lipinski definition) is 2. The van der Waals surface area contributed by atoms with Gasteiger partial charge in [0.05, 0.1) is 11.8 Å². The number of hydrogen-bond donors (Lipinski definition) is 1. The van der Waals surface area contributed by atoms with E-state index in [4.69, 9.17) is 0 Å². The van der Waals surface area contributed by atoms with Gasteiger partial charge in [0, 0.05) is 13.1 Å². The van der Waals surface area contributed by atoms with E-state index in [2.05, 4.69) is 0 Å². The van der Waals surface area contributed by atoms with Gasteiger partial charge in [-0.05, 0) is 30.0 Å². The molecule has 1 fully saturated rings. The minimum Gasteiger partial charge on any atom is -0.481 e. The average molecular weight is 293 g/mol. The molecule has 1 N–H and O–H groups in total. The number of halogens is 1. The van der Waals surface area contributed by atoms with Crippen LogP contribution in [0.4, 0.5) is 4.39 Å². The molecule has 114 valence electrons. The monoisotopic (exact) mass is 293 g/mol. The number of carboxylic acids is 1. The predicted molar refractivity (Wildman–Crippen MR) is 76.2 cm³/mol. The van der Waals surface area contributed by atoms with Gasteiger partial charge in [-0.15, -0.1) is 0 Å². The van der Waals surface area contributed by atoms with Crippen LogP contribution in [0.3, 0.4) is 0 Å². The second-order valence-corrected chi connectivity index (χ2v) is 5.98. The first-order valence-electron chi connectivity index (χ1n) is 7.11. The molecule has 0 aliphatic carbocycles. The zero-order chi connectivity index (χ0) is 15.6. The van der Waals surface area contributed by atoms with Crippen LogP contribution in [-0.2, 0) is 16.0 Å². The summed E-state index contributed by atoms with van der Waals surface area (Å²) in [4.78, 5) is 25.4. The van der Waals surface area contributed by atoms with E-state index in [9.17, 15) is 19.1 Å². The van der Waals surface area contributed by atoms with E-state index >= 15 is 0 Å². The summed E-state index contributed by atoms with van der Waals surface area (Å²) in [6.45, 7) is 4.47. The fourth-order valence-electron chi connectivity index (χ4n) is 2.83. The normalized spacial score (nSPS) is 21.8. The van der Waals surface area contributed by atoms with Crippen molar-refractivity contribution in [1.82, 2.24) is 4.90 Å². The van der Waals surface area contributed by atoms with Gasteiger partial charge in [0.15, 0.2) is 0 Å². The first-order chi connectivity index (χ1) is 9.85. The standard InChI is InChI=1S/C16H20FNO3/c1-11(2)16(15(20)21)7-8-18(10-16)14(19)9-12-3-5-13(17)6-4-12/h3-6,11H,7-10H2,1-2H3,(H,20,21). The van der Waals surface area contributed by atoms with Gasteiger partial charge >= 0.3 is 5.97 Å². The van der Waals surface area contributed by atoms with Crippen LogP contribution >= 0.6 is 0 Å². The van der Waals surface area contributed by atoms with Crippen molar-refractivity contribution in [3.63, 3.8) is 0 Å². The maximum atomic E-state index is 12.8. The highest BCUT2D eigenvalue weighted by Gasteiger charge is 2.48. The Bertz CT molecular complexity index is 541. The second kappa shape index (κ2) is 5.84. The number of carbonyl (C=O) groups is 2. The first-order valence-corrected chi connectivity index (χ1v) is 7.11. The lowest BCUT2D eigenvalue weighted by atomic mass is 9.76. The van der Waals surface area contributed by atoms with E-state index in [1.54, 1.807) is 17.0 Å². The molecular formula is C16H20FNO3. The van der Waals surface area contributed by atoms with E-state index in [1.807, 2.05) is 13.8 Å². The summed E-state index contributed by atoms with van der Waals surface area (Å²) in [5, 5.41) is 9.47. The van der Waals surface area contributed by atoms with Crippen molar-refractivity contribution >= 4 is 11.9 Å². The van der Waals surface area contributed by atoms with Crippen molar-refractivity contribution < 1.29 is 19.1 Å². The Labute approximate surface area is 123 Å². The summed E-state index contributed by atoms with van der Waals surface area (Å²) in [5.74, 6) is -1.31. The number of benzene rings is 1. The van der Waals surface area contributed by atoms with Crippen LogP contribution in [0.25, 0.3) is 0 Å². The predicted octanol–water partition coefficient (Wildman–Crippen LogP) is 2.33. The summed E-state index contributed by atoms with van der Waals surface area (Å²) in [6.07, 6.45) is 0.656. The highest BCUT2D eigenvalue weighted by molar-refractivity contribution is 5.82. The summed E-state index contributed by atoms with van der Waals surface area (Å²) in [5.41, 5.74) is -0.114. The Morgan fingerprint density at radius 1 is 1.33 bits per heavy atom. The molecule has 0 saturated carbocycles. The Balaban J connectivity index is 2.05. The van der Waals surface area contributed by atoms with E-state index in [1.165, 1.54) is 12.1 Å². The molecule has 1 aromatic rings. The molecule has 4 nitrogen and oxygen atoms in total. The molecule has 5 heteroatoms. The van der Waals surface area contributed by atoms with Crippen LogP contribution in [0, 0.1) is 17.2 Å². The van der Waals surface area contributed by atoms with Crippen molar-refractivity contribution in [1.29, 1.82) is 0 Å². The topological polar surface area (TPSA) is 57.6 Å². The van der Waals surface area contributed by atoms with Crippen molar-refractivity contribution in [2.45, 2.75) is 26.7 Å². The molecular weight excluding hydrogens is 273 g/mol. The fourth-order valence-corrected chi connectivity index (χ4v) is 2.83. The maximum absolute atomic E-state index is 12.8. The minimum absolute atomic E-state index is 0.0291. The third kappa shape index (κ3) is 3.06. The van der Waals surface area contributed by atoms with Gasteiger partial charge in [-0.1, -0.05) is 26.0 Å². The van der Waals surface area contributed by atoms with Crippen LogP contribution in [-0.4, -0.2) is 35.0 Å². The van der Waals surface area contributed by atoms with Crippen molar-refractivity contribution in [2.24, 2.45) is 11.3 Å². The average Bonchev–Trinajstić information content (AvgIpc) is 2.88. The van der Waals surface area contributed by atoms with Crippen LogP contribution in [0.2, 0.25) is 0 Å². The molecule has 2 rings (SSSR count). The molecule has 1 aliphatic rings. The summed E-state index contributed by atoms with van der Waals surface area (Å²) < 4.78 is 12.8. The lowest BCUT2D eigenvalue weighted by Gasteiger charge is -2.28. The molecule has 0 spiro atoms. The molecule has 1 atom stereocenters. The van der Waals surface area contributed by atoms with E-state index in [0.717, 1.165) is 5.56 Å². The summed E-state index contributed by atoms with van der Waals surface area (Å²) >= 11 is 0. The van der Waals surface area contributed by atoms with Crippen LogP contribution in [0.15, 0.2) is 24.3 Å². The van der Waals surface area contributed by atoms with E-state index in [0.29, 0.717) is 13.0 Å². The van der Waals surface area contributed by atoms with Gasteiger partial charge in [0.1, 0.15) is 5.82 Å². The molecule has 0 radical (unpaired) electrons. The largest absolute Gasteiger partial charge is 0.481 e. The smallest absolute Gasteiger partial charge is 0.311 e. The molecule has 0 bridgehead atoms. The molecule has 0 aromatic heterocycles. The Kier molecular flexibility index (Phi) is 4.30. The number of likely N-dealkylation sites (tertiary alicyclic amines) is 1. The Morgan fingerprint density at radius 2 is 1.95 bits per heavy atom. The fraction of sp³-hybridized carbons (Fsp3) is 0.500. The van der Waals surface area contributed by atoms with Gasteiger partial charge < -0.3 is 10.0 Å². The minimum atomic E-state index is -0.849. The van der Waals surface area contributed by atoms with E-state index in [-0.39, 0.29) is 30.6 Å². The Morgan fingerprint density at radius 3 is 2.43 bits per heavy atom. The first kappa shape index (κ1) is 15.5. The Hall–Kier alpha value is -1.91. The summed E-state index contributed by atoms with van der Waals surface area (Å²) in [6, 6.07) is 5.80. The lowest BCUT2D eigenvalue weighted by Crippen LogP contribution is -2.41. The van der Waals surface area contributed by atoms with Crippen molar-refractivity contribution in [3.8, 4) is 0 Å². The highest BCUT2D eigenvalue weighted by atomic mass is 19.1. The molecule has 21 heavy (non-hydrogen) atoms. The van der Waals surface area contributed by atoms with Gasteiger partial charge in [-0.25, -0.2) is 4.39 Å². The number of carboxylic acid groups (broad SMARTS) is 1. The number of rotatable bonds is 4. The molecule has 1 saturated heterocycles. The maximum Gasteiger partial charge on any atom is 0.311 e. The van der Waals surface area contributed by atoms with Gasteiger partial charge in [0.25, 0.3) is 0 Å². The van der Waals surface area contributed by atoms with Crippen LogP contribution in [0.5, 0.6) is 0 Å². The zero-order valence-electron chi connectivity index (χ0n) is 12.3. The molecule has 1 aliphatic heterocycles. The molecule has 1 heterocycles. The van der Waals surface area contributed by atoms with Crippen LogP contribution < -0.4 is 0 Å². The number of amides is 1. The third-order valence-electron chi connectivity index (χ3n) is 4.45. The molecule has 1 unspecified atom stereocenters. The van der Waals surface area contributed by atoms with Gasteiger partial charge in [-0.2, -0.15) is 0 Å². The SMILES string of the molecule is CC(C)C1(C(=O)O)CCN(C(=O)Cc2ccc(F)cc2)C1. The van der Waals surface area contributed by atoms with Crippen molar-refractivity contribution in [3.05, 3.63) is 35.6 Å². The number of carbonyl (C=O) groups excluding carboxylic acids is 1. The van der Waals surface area contributed by atoms with E-state index < -0.39 is 11.4 Å². The third-order valence-corrected chi connectivity index (χ3v) is 4.45. The number of nitrogens with zero attached hydrogens (tertiary/aromatic N) is 1. The highest BCUT2D eigenvalue weighted by Crippen LogP contribution is 2.38. The zero-order valence-corrected chi connectivity index (χ0v) is 12.3. The lowest BCUT2D eigenvalue weighted by molar-refractivity contribution is -0.151. The second-order valence-electron chi connectivity index (χ2n) is 5.98. The number of aliphatic carboxylic acids is 1. The molecule has 1 aromatic carbocycles. The molecule has 1 amide bonds.